The fraction of sp³-hybridized carbons (Fsp3) is 0.471. The Kier molecular flexibility index (Phi) is 5.60. The number of rotatable bonds is 4. The summed E-state index contributed by atoms with van der Waals surface area (Å²) in [6, 6.07) is 4.42. The number of hydrogen-bond donors (Lipinski definition) is 2. The lowest BCUT2D eigenvalue weighted by Gasteiger charge is -2.27. The maximum Gasteiger partial charge on any atom is 0.221 e. The minimum absolute atomic E-state index is 0.0192. The molecule has 3 rings (SSSR count). The summed E-state index contributed by atoms with van der Waals surface area (Å²) < 4.78 is 15.5. The van der Waals surface area contributed by atoms with Gasteiger partial charge in [0.2, 0.25) is 11.0 Å². The van der Waals surface area contributed by atoms with E-state index in [1.54, 1.807) is 10.6 Å². The molecule has 0 bridgehead atoms. The van der Waals surface area contributed by atoms with Crippen molar-refractivity contribution in [1.29, 1.82) is 0 Å². The van der Waals surface area contributed by atoms with Crippen LogP contribution in [0, 0.1) is 5.82 Å². The van der Waals surface area contributed by atoms with E-state index in [1.165, 1.54) is 18.6 Å². The van der Waals surface area contributed by atoms with Crippen molar-refractivity contribution < 1.29 is 9.50 Å². The molecular weight excluding hydrogens is 341 g/mol. The molecule has 1 saturated heterocycles. The van der Waals surface area contributed by atoms with Crippen LogP contribution in [-0.2, 0) is 6.67 Å². The Morgan fingerprint density at radius 3 is 2.80 bits per heavy atom. The van der Waals surface area contributed by atoms with Gasteiger partial charge in [-0.25, -0.2) is 4.39 Å². The molecule has 0 unspecified atom stereocenters. The number of thiocarbonyl (C=S) groups is 1. The van der Waals surface area contributed by atoms with Gasteiger partial charge in [-0.15, -0.1) is 10.2 Å². The Labute approximate surface area is 151 Å². The van der Waals surface area contributed by atoms with Crippen LogP contribution in [-0.4, -0.2) is 39.3 Å². The molecule has 0 spiro atoms. The number of likely N-dealkylation sites (tertiary alicyclic amines) is 1. The maximum absolute atomic E-state index is 13.7. The highest BCUT2D eigenvalue weighted by Crippen LogP contribution is 2.39. The van der Waals surface area contributed by atoms with Crippen LogP contribution >= 0.6 is 12.2 Å². The Morgan fingerprint density at radius 1 is 1.32 bits per heavy atom. The number of hydrogen-bond acceptors (Lipinski definition) is 4. The minimum atomic E-state index is -0.381. The largest absolute Gasteiger partial charge is 0.493 e. The number of nitrogens with one attached hydrogen (secondary N) is 1. The Balaban J connectivity index is 1.99. The van der Waals surface area contributed by atoms with Gasteiger partial charge in [0.15, 0.2) is 5.69 Å². The van der Waals surface area contributed by atoms with Crippen molar-refractivity contribution in [3.63, 3.8) is 0 Å². The third-order valence-corrected chi connectivity index (χ3v) is 4.56. The van der Waals surface area contributed by atoms with Crippen molar-refractivity contribution in [2.75, 3.05) is 19.6 Å². The van der Waals surface area contributed by atoms with Crippen LogP contribution < -0.4 is 5.32 Å². The van der Waals surface area contributed by atoms with Gasteiger partial charge in [-0.05, 0) is 63.3 Å². The summed E-state index contributed by atoms with van der Waals surface area (Å²) in [5.41, 5.74) is 0.972. The predicted octanol–water partition coefficient (Wildman–Crippen LogP) is 3.91. The van der Waals surface area contributed by atoms with Gasteiger partial charge < -0.3 is 10.4 Å². The lowest BCUT2D eigenvalue weighted by molar-refractivity contribution is 0.178. The second-order valence-corrected chi connectivity index (χ2v) is 6.50. The summed E-state index contributed by atoms with van der Waals surface area (Å²) in [5.74, 6) is -0.400. The number of aromatic hydroxyl groups is 1. The molecule has 25 heavy (non-hydrogen) atoms. The van der Waals surface area contributed by atoms with Gasteiger partial charge in [0, 0.05) is 11.9 Å². The van der Waals surface area contributed by atoms with Gasteiger partial charge in [-0.1, -0.05) is 6.42 Å². The van der Waals surface area contributed by atoms with Gasteiger partial charge in [0.25, 0.3) is 0 Å². The number of azo groups is 1. The second kappa shape index (κ2) is 7.88. The van der Waals surface area contributed by atoms with E-state index in [4.69, 9.17) is 12.2 Å². The molecule has 1 aromatic heterocycles. The number of piperidine rings is 1. The molecule has 0 atom stereocenters. The molecule has 1 aromatic carbocycles. The zero-order valence-electron chi connectivity index (χ0n) is 14.2. The number of nitrogens with zero attached hydrogens (tertiary/aromatic N) is 4. The average molecular weight is 363 g/mol. The zero-order chi connectivity index (χ0) is 17.8. The number of benzene rings is 1. The van der Waals surface area contributed by atoms with Crippen molar-refractivity contribution in [3.05, 3.63) is 24.0 Å². The first-order valence-corrected chi connectivity index (χ1v) is 8.93. The van der Waals surface area contributed by atoms with E-state index in [1.807, 2.05) is 6.92 Å². The molecule has 0 saturated carbocycles. The monoisotopic (exact) mass is 363 g/mol. The van der Waals surface area contributed by atoms with Crippen LogP contribution in [0.4, 0.5) is 10.1 Å². The first-order chi connectivity index (χ1) is 12.1. The highest BCUT2D eigenvalue weighted by Gasteiger charge is 2.20. The normalized spacial score (nSPS) is 15.9. The molecule has 2 aromatic rings. The molecule has 1 fully saturated rings. The summed E-state index contributed by atoms with van der Waals surface area (Å²) >= 11 is 5.04. The van der Waals surface area contributed by atoms with Crippen molar-refractivity contribution in [2.24, 2.45) is 10.2 Å². The standard InChI is InChI=1S/C17H22FN5OS/c1-2-19-17(25)21-20-15-13-10-12(18)6-7-14(13)23(16(15)24)11-22-8-4-3-5-9-22/h6-7,10,24H,2-5,8-9,11H2,1H3,(H,19,25). The molecule has 1 aliphatic heterocycles. The van der Waals surface area contributed by atoms with Crippen molar-refractivity contribution >= 4 is 33.9 Å². The van der Waals surface area contributed by atoms with Crippen LogP contribution in [0.2, 0.25) is 0 Å². The summed E-state index contributed by atoms with van der Waals surface area (Å²) in [7, 11) is 0. The topological polar surface area (TPSA) is 65.2 Å². The molecule has 6 nitrogen and oxygen atoms in total. The van der Waals surface area contributed by atoms with E-state index in [-0.39, 0.29) is 22.5 Å². The maximum atomic E-state index is 13.7. The molecular formula is C17H22FN5OS. The lowest BCUT2D eigenvalue weighted by Crippen LogP contribution is -2.31. The van der Waals surface area contributed by atoms with Crippen LogP contribution in [0.1, 0.15) is 26.2 Å². The van der Waals surface area contributed by atoms with Crippen LogP contribution in [0.5, 0.6) is 5.88 Å². The third-order valence-electron chi connectivity index (χ3n) is 4.33. The van der Waals surface area contributed by atoms with E-state index < -0.39 is 0 Å². The van der Waals surface area contributed by atoms with Crippen molar-refractivity contribution in [2.45, 2.75) is 32.9 Å². The van der Waals surface area contributed by atoms with Crippen molar-refractivity contribution in [3.8, 4) is 5.88 Å². The number of aromatic nitrogens is 1. The van der Waals surface area contributed by atoms with E-state index in [0.29, 0.717) is 18.6 Å². The van der Waals surface area contributed by atoms with Gasteiger partial charge >= 0.3 is 0 Å². The molecule has 8 heteroatoms. The van der Waals surface area contributed by atoms with Crippen molar-refractivity contribution in [1.82, 2.24) is 14.8 Å². The third kappa shape index (κ3) is 3.96. The molecule has 0 radical (unpaired) electrons. The highest BCUT2D eigenvalue weighted by atomic mass is 32.1. The fourth-order valence-corrected chi connectivity index (χ4v) is 3.31. The summed E-state index contributed by atoms with van der Waals surface area (Å²) in [6.45, 7) is 5.05. The zero-order valence-corrected chi connectivity index (χ0v) is 15.0. The summed E-state index contributed by atoms with van der Waals surface area (Å²) in [5, 5.41) is 22.3. The Bertz CT molecular complexity index is 798. The smallest absolute Gasteiger partial charge is 0.221 e. The molecule has 2 N–H and O–H groups in total. The quantitative estimate of drug-likeness (QED) is 0.639. The second-order valence-electron chi connectivity index (χ2n) is 6.12. The van der Waals surface area contributed by atoms with E-state index in [9.17, 15) is 9.50 Å². The average Bonchev–Trinajstić information content (AvgIpc) is 2.85. The molecule has 1 aliphatic rings. The number of fused-ring (bicyclic) bond motifs is 1. The van der Waals surface area contributed by atoms with E-state index in [0.717, 1.165) is 31.4 Å². The molecule has 0 aliphatic carbocycles. The Morgan fingerprint density at radius 2 is 2.08 bits per heavy atom. The fourth-order valence-electron chi connectivity index (χ4n) is 3.12. The lowest BCUT2D eigenvalue weighted by atomic mass is 10.1. The van der Waals surface area contributed by atoms with Gasteiger partial charge in [-0.2, -0.15) is 0 Å². The molecule has 134 valence electrons. The van der Waals surface area contributed by atoms with Gasteiger partial charge in [-0.3, -0.25) is 9.47 Å². The Hall–Kier alpha value is -2.06. The van der Waals surface area contributed by atoms with Crippen LogP contribution in [0.25, 0.3) is 10.9 Å². The molecule has 0 amide bonds. The van der Waals surface area contributed by atoms with Crippen LogP contribution in [0.3, 0.4) is 0 Å². The highest BCUT2D eigenvalue weighted by molar-refractivity contribution is 7.80. The first-order valence-electron chi connectivity index (χ1n) is 8.52. The summed E-state index contributed by atoms with van der Waals surface area (Å²) in [4.78, 5) is 2.27. The van der Waals surface area contributed by atoms with E-state index >= 15 is 0 Å². The summed E-state index contributed by atoms with van der Waals surface area (Å²) in [6.07, 6.45) is 3.54. The van der Waals surface area contributed by atoms with E-state index in [2.05, 4.69) is 20.4 Å². The SMILES string of the molecule is CCNC(=S)N=Nc1c(O)n(CN2CCCCC2)c2ccc(F)cc12. The van der Waals surface area contributed by atoms with Gasteiger partial charge in [0.1, 0.15) is 5.82 Å². The van der Waals surface area contributed by atoms with Crippen LogP contribution in [0.15, 0.2) is 28.4 Å². The molecule has 2 heterocycles. The first kappa shape index (κ1) is 17.8. The predicted molar refractivity (Wildman–Crippen MR) is 99.8 cm³/mol. The van der Waals surface area contributed by atoms with Gasteiger partial charge in [0.05, 0.1) is 12.2 Å². The minimum Gasteiger partial charge on any atom is -0.493 e. The number of halogens is 1.